The molecule has 3 aromatic carbocycles. The normalized spacial score (nSPS) is 13.6. The van der Waals surface area contributed by atoms with Crippen LogP contribution in [-0.4, -0.2) is 46.6 Å². The second-order valence-corrected chi connectivity index (χ2v) is 10.7. The molecular formula is C31H35FN4O5. The van der Waals surface area contributed by atoms with Crippen molar-refractivity contribution in [1.29, 1.82) is 0 Å². The van der Waals surface area contributed by atoms with Crippen LogP contribution in [0.15, 0.2) is 72.9 Å². The number of rotatable bonds is 9. The van der Waals surface area contributed by atoms with Crippen molar-refractivity contribution in [2.75, 3.05) is 7.11 Å². The van der Waals surface area contributed by atoms with Crippen molar-refractivity contribution < 1.29 is 28.2 Å². The molecule has 216 valence electrons. The van der Waals surface area contributed by atoms with Gasteiger partial charge in [0.15, 0.2) is 0 Å². The van der Waals surface area contributed by atoms with Gasteiger partial charge >= 0.3 is 6.09 Å². The van der Waals surface area contributed by atoms with Crippen LogP contribution in [0.25, 0.3) is 16.6 Å². The van der Waals surface area contributed by atoms with Crippen molar-refractivity contribution in [2.24, 2.45) is 0 Å². The molecule has 0 spiro atoms. The molecule has 0 unspecified atom stereocenters. The Kier molecular flexibility index (Phi) is 8.80. The predicted octanol–water partition coefficient (Wildman–Crippen LogP) is 5.71. The summed E-state index contributed by atoms with van der Waals surface area (Å²) in [7, 11) is 1.58. The van der Waals surface area contributed by atoms with E-state index in [4.69, 9.17) is 14.2 Å². The van der Waals surface area contributed by atoms with Gasteiger partial charge in [0.1, 0.15) is 35.1 Å². The van der Waals surface area contributed by atoms with Crippen molar-refractivity contribution in [3.63, 3.8) is 0 Å². The smallest absolute Gasteiger partial charge is 0.408 e. The van der Waals surface area contributed by atoms with E-state index in [1.807, 2.05) is 49.4 Å². The van der Waals surface area contributed by atoms with E-state index in [1.165, 1.54) is 12.1 Å². The SMILES string of the molecule is COc1cccc([C@@H](Oc2ccc3c(cnn3-c3ccc(F)cc3)c2)[C@H](C)NC(=O)[C@@H](C)NC(=O)OC(C)(C)C)c1. The summed E-state index contributed by atoms with van der Waals surface area (Å²) >= 11 is 0. The minimum Gasteiger partial charge on any atom is -0.497 e. The molecule has 0 bridgehead atoms. The number of nitrogens with zero attached hydrogens (tertiary/aromatic N) is 2. The van der Waals surface area contributed by atoms with Crippen LogP contribution in [0.1, 0.15) is 46.3 Å². The summed E-state index contributed by atoms with van der Waals surface area (Å²) in [4.78, 5) is 25.2. The van der Waals surface area contributed by atoms with Crippen LogP contribution in [0, 0.1) is 5.82 Å². The number of fused-ring (bicyclic) bond motifs is 1. The zero-order valence-electron chi connectivity index (χ0n) is 24.0. The third-order valence-corrected chi connectivity index (χ3v) is 6.25. The van der Waals surface area contributed by atoms with Crippen LogP contribution in [0.5, 0.6) is 11.5 Å². The van der Waals surface area contributed by atoms with Gasteiger partial charge in [-0.15, -0.1) is 0 Å². The lowest BCUT2D eigenvalue weighted by molar-refractivity contribution is -0.124. The Morgan fingerprint density at radius 2 is 1.68 bits per heavy atom. The predicted molar refractivity (Wildman–Crippen MR) is 154 cm³/mol. The summed E-state index contributed by atoms with van der Waals surface area (Å²) < 4.78 is 32.3. The average molecular weight is 563 g/mol. The molecule has 0 fully saturated rings. The van der Waals surface area contributed by atoms with Gasteiger partial charge in [-0.2, -0.15) is 5.10 Å². The Morgan fingerprint density at radius 1 is 0.951 bits per heavy atom. The van der Waals surface area contributed by atoms with Gasteiger partial charge in [-0.3, -0.25) is 4.79 Å². The molecule has 1 aromatic heterocycles. The van der Waals surface area contributed by atoms with Gasteiger partial charge in [-0.05, 0) is 94.8 Å². The number of hydrogen-bond acceptors (Lipinski definition) is 6. The Hall–Kier alpha value is -4.60. The van der Waals surface area contributed by atoms with Gasteiger partial charge in [0.05, 0.1) is 30.6 Å². The molecule has 3 atom stereocenters. The van der Waals surface area contributed by atoms with E-state index in [9.17, 15) is 14.0 Å². The van der Waals surface area contributed by atoms with Crippen molar-refractivity contribution in [2.45, 2.75) is 58.4 Å². The second kappa shape index (κ2) is 12.3. The third kappa shape index (κ3) is 7.53. The highest BCUT2D eigenvalue weighted by Gasteiger charge is 2.27. The van der Waals surface area contributed by atoms with Crippen LogP contribution in [0.4, 0.5) is 9.18 Å². The maximum absolute atomic E-state index is 13.4. The zero-order valence-corrected chi connectivity index (χ0v) is 24.0. The van der Waals surface area contributed by atoms with Gasteiger partial charge in [-0.25, -0.2) is 13.9 Å². The van der Waals surface area contributed by atoms with Crippen LogP contribution >= 0.6 is 0 Å². The maximum Gasteiger partial charge on any atom is 0.408 e. The van der Waals surface area contributed by atoms with Gasteiger partial charge in [0, 0.05) is 5.39 Å². The molecule has 1 heterocycles. The first-order valence-corrected chi connectivity index (χ1v) is 13.3. The van der Waals surface area contributed by atoms with E-state index in [0.717, 1.165) is 22.2 Å². The minimum atomic E-state index is -0.841. The fourth-order valence-corrected chi connectivity index (χ4v) is 4.27. The van der Waals surface area contributed by atoms with Crippen LogP contribution in [0.2, 0.25) is 0 Å². The molecule has 10 heteroatoms. The fourth-order valence-electron chi connectivity index (χ4n) is 4.27. The van der Waals surface area contributed by atoms with Gasteiger partial charge in [-0.1, -0.05) is 12.1 Å². The van der Waals surface area contributed by atoms with E-state index < -0.39 is 35.8 Å². The number of carbonyl (C=O) groups is 2. The molecular weight excluding hydrogens is 527 g/mol. The molecule has 41 heavy (non-hydrogen) atoms. The summed E-state index contributed by atoms with van der Waals surface area (Å²) in [5, 5.41) is 10.8. The van der Waals surface area contributed by atoms with E-state index in [0.29, 0.717) is 11.5 Å². The molecule has 2 amide bonds. The molecule has 0 radical (unpaired) electrons. The van der Waals surface area contributed by atoms with Gasteiger partial charge in [0.2, 0.25) is 5.91 Å². The average Bonchev–Trinajstić information content (AvgIpc) is 3.34. The highest BCUT2D eigenvalue weighted by molar-refractivity contribution is 5.85. The molecule has 4 aromatic rings. The van der Waals surface area contributed by atoms with E-state index in [2.05, 4.69) is 15.7 Å². The standard InChI is InChI=1S/C31H35FN4O5/c1-19(34-29(37)20(2)35-30(38)41-31(3,4)5)28(21-8-7-9-25(16-21)39-6)40-26-14-15-27-22(17-26)18-33-36(27)24-12-10-23(32)11-13-24/h7-20,28H,1-6H3,(H,34,37)(H,35,38)/t19-,20+,28-/m0/s1. The zero-order chi connectivity index (χ0) is 29.7. The molecule has 0 saturated carbocycles. The lowest BCUT2D eigenvalue weighted by atomic mass is 10.0. The largest absolute Gasteiger partial charge is 0.497 e. The molecule has 9 nitrogen and oxygen atoms in total. The molecule has 0 aliphatic carbocycles. The summed E-state index contributed by atoms with van der Waals surface area (Å²) in [6, 6.07) is 17.7. The number of halogens is 1. The summed E-state index contributed by atoms with van der Waals surface area (Å²) in [6.45, 7) is 8.66. The van der Waals surface area contributed by atoms with Gasteiger partial charge < -0.3 is 24.8 Å². The summed E-state index contributed by atoms with van der Waals surface area (Å²) in [5.74, 6) is 0.493. The highest BCUT2D eigenvalue weighted by atomic mass is 19.1. The number of benzene rings is 3. The number of amides is 2. The first-order valence-electron chi connectivity index (χ1n) is 13.3. The Labute approximate surface area is 238 Å². The number of nitrogens with one attached hydrogen (secondary N) is 2. The lowest BCUT2D eigenvalue weighted by Gasteiger charge is -2.28. The Morgan fingerprint density at radius 3 is 2.37 bits per heavy atom. The van der Waals surface area contributed by atoms with Crippen LogP contribution < -0.4 is 20.1 Å². The van der Waals surface area contributed by atoms with Crippen molar-refractivity contribution in [1.82, 2.24) is 20.4 Å². The number of methoxy groups -OCH3 is 1. The molecule has 0 aliphatic rings. The topological polar surface area (TPSA) is 104 Å². The first kappa shape index (κ1) is 29.4. The molecule has 4 rings (SSSR count). The second-order valence-electron chi connectivity index (χ2n) is 10.7. The van der Waals surface area contributed by atoms with Crippen molar-refractivity contribution in [3.05, 3.63) is 84.3 Å². The van der Waals surface area contributed by atoms with E-state index in [1.54, 1.807) is 57.8 Å². The number of ether oxygens (including phenoxy) is 3. The Balaban J connectivity index is 1.56. The number of carbonyl (C=O) groups excluding carboxylic acids is 2. The monoisotopic (exact) mass is 562 g/mol. The highest BCUT2D eigenvalue weighted by Crippen LogP contribution is 2.30. The number of aromatic nitrogens is 2. The minimum absolute atomic E-state index is 0.319. The van der Waals surface area contributed by atoms with Crippen molar-refractivity contribution in [3.8, 4) is 17.2 Å². The van der Waals surface area contributed by atoms with Crippen molar-refractivity contribution >= 4 is 22.9 Å². The Bertz CT molecular complexity index is 1510. The maximum atomic E-state index is 13.4. The van der Waals surface area contributed by atoms with E-state index >= 15 is 0 Å². The molecule has 0 aliphatic heterocycles. The lowest BCUT2D eigenvalue weighted by Crippen LogP contribution is -2.50. The summed E-state index contributed by atoms with van der Waals surface area (Å²) in [6.07, 6.45) is 0.427. The molecule has 2 N–H and O–H groups in total. The first-order chi connectivity index (χ1) is 19.4. The summed E-state index contributed by atoms with van der Waals surface area (Å²) in [5.41, 5.74) is 1.65. The number of alkyl carbamates (subject to hydrolysis) is 1. The van der Waals surface area contributed by atoms with Gasteiger partial charge in [0.25, 0.3) is 0 Å². The van der Waals surface area contributed by atoms with E-state index in [-0.39, 0.29) is 5.82 Å². The number of hydrogen-bond donors (Lipinski definition) is 2. The third-order valence-electron chi connectivity index (χ3n) is 6.25. The fraction of sp³-hybridized carbons (Fsp3) is 0.323. The van der Waals surface area contributed by atoms with Crippen LogP contribution in [-0.2, 0) is 9.53 Å². The van der Waals surface area contributed by atoms with Crippen LogP contribution in [0.3, 0.4) is 0 Å². The quantitative estimate of drug-likeness (QED) is 0.271. The molecule has 0 saturated heterocycles.